The van der Waals surface area contributed by atoms with Crippen LogP contribution in [-0.4, -0.2) is 62.4 Å². The number of carbonyl (C=O) groups excluding carboxylic acids is 1. The number of hydrogen-bond donors (Lipinski definition) is 1. The van der Waals surface area contributed by atoms with Crippen LogP contribution in [0.5, 0.6) is 0 Å². The molecule has 0 unspecified atom stereocenters. The van der Waals surface area contributed by atoms with E-state index in [1.165, 1.54) is 0 Å². The van der Waals surface area contributed by atoms with Gasteiger partial charge in [-0.05, 0) is 32.6 Å². The molecule has 1 aliphatic rings. The fourth-order valence-electron chi connectivity index (χ4n) is 2.70. The molecule has 1 aliphatic heterocycles. The van der Waals surface area contributed by atoms with Crippen LogP contribution in [0.25, 0.3) is 0 Å². The van der Waals surface area contributed by atoms with E-state index in [1.54, 1.807) is 21.0 Å². The summed E-state index contributed by atoms with van der Waals surface area (Å²) >= 11 is 0. The minimum Gasteiger partial charge on any atom is -0.380 e. The van der Waals surface area contributed by atoms with Crippen LogP contribution in [0.2, 0.25) is 0 Å². The molecule has 0 bridgehead atoms. The first kappa shape index (κ1) is 18.4. The number of nitrogens with one attached hydrogen (secondary N) is 1. The van der Waals surface area contributed by atoms with Gasteiger partial charge in [0.1, 0.15) is 5.60 Å². The molecule has 0 aliphatic carbocycles. The largest absolute Gasteiger partial charge is 0.380 e. The molecule has 0 aromatic rings. The van der Waals surface area contributed by atoms with Gasteiger partial charge in [0.15, 0.2) is 0 Å². The molecule has 1 N–H and O–H groups in total. The molecule has 1 saturated heterocycles. The van der Waals surface area contributed by atoms with Crippen LogP contribution in [0.4, 0.5) is 0 Å². The predicted octanol–water partition coefficient (Wildman–Crippen LogP) is 1.52. The van der Waals surface area contributed by atoms with Gasteiger partial charge in [0, 0.05) is 39.4 Å². The lowest BCUT2D eigenvalue weighted by atomic mass is 9.91. The summed E-state index contributed by atoms with van der Waals surface area (Å²) in [5, 5.41) is 3.18. The maximum Gasteiger partial charge on any atom is 0.251 e. The van der Waals surface area contributed by atoms with E-state index in [9.17, 15) is 4.79 Å². The van der Waals surface area contributed by atoms with Crippen molar-refractivity contribution in [2.45, 2.75) is 46.3 Å². The van der Waals surface area contributed by atoms with Crippen LogP contribution < -0.4 is 5.32 Å². The highest BCUT2D eigenvalue weighted by molar-refractivity contribution is 5.84. The van der Waals surface area contributed by atoms with Crippen molar-refractivity contribution in [3.63, 3.8) is 0 Å². The Morgan fingerprint density at radius 3 is 2.57 bits per heavy atom. The smallest absolute Gasteiger partial charge is 0.251 e. The number of rotatable bonds is 8. The molecule has 0 spiro atoms. The molecule has 2 atom stereocenters. The molecule has 21 heavy (non-hydrogen) atoms. The number of nitrogens with zero attached hydrogens (tertiary/aromatic N) is 1. The van der Waals surface area contributed by atoms with E-state index >= 15 is 0 Å². The second kappa shape index (κ2) is 8.11. The highest BCUT2D eigenvalue weighted by atomic mass is 16.5. The Morgan fingerprint density at radius 2 is 2.05 bits per heavy atom. The van der Waals surface area contributed by atoms with Gasteiger partial charge in [-0.15, -0.1) is 0 Å². The van der Waals surface area contributed by atoms with Gasteiger partial charge in [0.2, 0.25) is 0 Å². The highest BCUT2D eigenvalue weighted by Crippen LogP contribution is 2.25. The summed E-state index contributed by atoms with van der Waals surface area (Å²) in [5.41, 5.74) is -0.778. The van der Waals surface area contributed by atoms with Crippen LogP contribution >= 0.6 is 0 Å². The van der Waals surface area contributed by atoms with E-state index in [0.717, 1.165) is 32.8 Å². The summed E-state index contributed by atoms with van der Waals surface area (Å²) in [5.74, 6) is 0.980. The molecule has 5 heteroatoms. The molecule has 1 amide bonds. The summed E-state index contributed by atoms with van der Waals surface area (Å²) in [6.45, 7) is 14.4. The molecule has 0 radical (unpaired) electrons. The van der Waals surface area contributed by atoms with Gasteiger partial charge in [-0.25, -0.2) is 0 Å². The van der Waals surface area contributed by atoms with Crippen LogP contribution in [0.3, 0.4) is 0 Å². The van der Waals surface area contributed by atoms with Crippen molar-refractivity contribution < 1.29 is 14.3 Å². The Bertz CT molecular complexity index is 331. The zero-order valence-corrected chi connectivity index (χ0v) is 14.4. The molecule has 5 nitrogen and oxygen atoms in total. The van der Waals surface area contributed by atoms with Gasteiger partial charge in [0.05, 0.1) is 6.61 Å². The number of hydrogen-bond acceptors (Lipinski definition) is 4. The topological polar surface area (TPSA) is 50.8 Å². The van der Waals surface area contributed by atoms with Gasteiger partial charge < -0.3 is 14.8 Å². The van der Waals surface area contributed by atoms with E-state index in [2.05, 4.69) is 24.1 Å². The van der Waals surface area contributed by atoms with Crippen LogP contribution in [0.1, 0.15) is 34.6 Å². The van der Waals surface area contributed by atoms with Gasteiger partial charge in [-0.3, -0.25) is 9.69 Å². The first-order valence-corrected chi connectivity index (χ1v) is 7.98. The molecule has 1 heterocycles. The molecule has 0 aromatic heterocycles. The molecular weight excluding hydrogens is 268 g/mol. The van der Waals surface area contributed by atoms with Gasteiger partial charge in [-0.2, -0.15) is 0 Å². The molecular formula is C16H32N2O3. The number of methoxy groups -OCH3 is 1. The first-order chi connectivity index (χ1) is 9.81. The van der Waals surface area contributed by atoms with Crippen LogP contribution in [-0.2, 0) is 14.3 Å². The Labute approximate surface area is 129 Å². The summed E-state index contributed by atoms with van der Waals surface area (Å²) in [6, 6.07) is 0.188. The SMILES string of the molecule is CCOCCN1C[C@H](NC(=O)C(C)(C)OC)[C@@H](C(C)C)C1. The maximum absolute atomic E-state index is 12.3. The minimum absolute atomic E-state index is 0.0349. The summed E-state index contributed by atoms with van der Waals surface area (Å²) < 4.78 is 10.7. The maximum atomic E-state index is 12.3. The average Bonchev–Trinajstić information content (AvgIpc) is 2.82. The Morgan fingerprint density at radius 1 is 1.38 bits per heavy atom. The van der Waals surface area contributed by atoms with Crippen molar-refractivity contribution in [2.24, 2.45) is 11.8 Å². The molecule has 1 rings (SSSR count). The lowest BCUT2D eigenvalue weighted by Gasteiger charge is -2.28. The number of carbonyl (C=O) groups is 1. The zero-order valence-electron chi connectivity index (χ0n) is 14.4. The third-order valence-electron chi connectivity index (χ3n) is 4.43. The molecule has 124 valence electrons. The van der Waals surface area contributed by atoms with E-state index in [4.69, 9.17) is 9.47 Å². The normalized spacial score (nSPS) is 23.8. The van der Waals surface area contributed by atoms with Gasteiger partial charge >= 0.3 is 0 Å². The third-order valence-corrected chi connectivity index (χ3v) is 4.43. The Hall–Kier alpha value is -0.650. The van der Waals surface area contributed by atoms with E-state index in [0.29, 0.717) is 11.8 Å². The molecule has 1 fully saturated rings. The van der Waals surface area contributed by atoms with Crippen molar-refractivity contribution in [3.8, 4) is 0 Å². The fourth-order valence-corrected chi connectivity index (χ4v) is 2.70. The fraction of sp³-hybridized carbons (Fsp3) is 0.938. The van der Waals surface area contributed by atoms with Crippen molar-refractivity contribution in [1.29, 1.82) is 0 Å². The molecule has 0 aromatic carbocycles. The zero-order chi connectivity index (χ0) is 16.0. The summed E-state index contributed by atoms with van der Waals surface area (Å²) in [6.07, 6.45) is 0. The predicted molar refractivity (Wildman–Crippen MR) is 84.3 cm³/mol. The lowest BCUT2D eigenvalue weighted by molar-refractivity contribution is -0.140. The van der Waals surface area contributed by atoms with Crippen molar-refractivity contribution in [1.82, 2.24) is 10.2 Å². The van der Waals surface area contributed by atoms with Crippen LogP contribution in [0, 0.1) is 11.8 Å². The lowest BCUT2D eigenvalue weighted by Crippen LogP contribution is -2.51. The Balaban J connectivity index is 2.60. The van der Waals surface area contributed by atoms with E-state index in [1.807, 2.05) is 6.92 Å². The first-order valence-electron chi connectivity index (χ1n) is 7.98. The van der Waals surface area contributed by atoms with Crippen LogP contribution in [0.15, 0.2) is 0 Å². The quantitative estimate of drug-likeness (QED) is 0.691. The van der Waals surface area contributed by atoms with E-state index in [-0.39, 0.29) is 11.9 Å². The monoisotopic (exact) mass is 300 g/mol. The number of likely N-dealkylation sites (tertiary alicyclic amines) is 1. The van der Waals surface area contributed by atoms with Gasteiger partial charge in [-0.1, -0.05) is 13.8 Å². The molecule has 0 saturated carbocycles. The van der Waals surface area contributed by atoms with E-state index < -0.39 is 5.60 Å². The number of amides is 1. The van der Waals surface area contributed by atoms with Crippen molar-refractivity contribution in [3.05, 3.63) is 0 Å². The standard InChI is InChI=1S/C16H32N2O3/c1-7-21-9-8-18-10-13(12(2)3)14(11-18)17-15(19)16(4,5)20-6/h12-14H,7-11H2,1-6H3,(H,17,19)/t13-,14+/m1/s1. The second-order valence-corrected chi connectivity index (χ2v) is 6.66. The van der Waals surface area contributed by atoms with Crippen molar-refractivity contribution in [2.75, 3.05) is 40.0 Å². The van der Waals surface area contributed by atoms with Crippen molar-refractivity contribution >= 4 is 5.91 Å². The summed E-state index contributed by atoms with van der Waals surface area (Å²) in [7, 11) is 1.57. The summed E-state index contributed by atoms with van der Waals surface area (Å²) in [4.78, 5) is 14.7. The Kier molecular flexibility index (Phi) is 7.10. The third kappa shape index (κ3) is 5.24. The second-order valence-electron chi connectivity index (χ2n) is 6.66. The highest BCUT2D eigenvalue weighted by Gasteiger charge is 2.38. The van der Waals surface area contributed by atoms with Gasteiger partial charge in [0.25, 0.3) is 5.91 Å². The average molecular weight is 300 g/mol. The number of ether oxygens (including phenoxy) is 2. The minimum atomic E-state index is -0.778.